The molecule has 3 heterocycles. The molecule has 1 saturated heterocycles. The first-order valence-electron chi connectivity index (χ1n) is 6.64. The van der Waals surface area contributed by atoms with Gasteiger partial charge in [-0.3, -0.25) is 14.1 Å². The normalized spacial score (nSPS) is 17.4. The quantitative estimate of drug-likeness (QED) is 0.779. The monoisotopic (exact) mass is 275 g/mol. The lowest BCUT2D eigenvalue weighted by Gasteiger charge is -2.31. The molecule has 0 radical (unpaired) electrons. The van der Waals surface area contributed by atoms with Gasteiger partial charge in [-0.05, 0) is 12.8 Å². The van der Waals surface area contributed by atoms with E-state index in [0.29, 0.717) is 12.6 Å². The van der Waals surface area contributed by atoms with E-state index in [9.17, 15) is 4.79 Å². The Labute approximate surface area is 116 Å². The van der Waals surface area contributed by atoms with E-state index in [0.717, 1.165) is 37.4 Å². The molecule has 0 saturated carbocycles. The summed E-state index contributed by atoms with van der Waals surface area (Å²) in [5.74, 6) is 0.477. The number of likely N-dealkylation sites (tertiary alicyclic amines) is 1. The summed E-state index contributed by atoms with van der Waals surface area (Å²) < 4.78 is 1.83. The van der Waals surface area contributed by atoms with E-state index in [2.05, 4.69) is 25.4 Å². The molecule has 8 nitrogen and oxygen atoms in total. The minimum Gasteiger partial charge on any atom is -0.369 e. The molecule has 0 aliphatic carbocycles. The molecule has 2 aromatic heterocycles. The van der Waals surface area contributed by atoms with Gasteiger partial charge in [0.2, 0.25) is 11.6 Å². The van der Waals surface area contributed by atoms with Crippen LogP contribution in [0.5, 0.6) is 0 Å². The van der Waals surface area contributed by atoms with Crippen LogP contribution in [0.25, 0.3) is 5.65 Å². The number of amides is 1. The number of nitrogens with two attached hydrogens (primary N) is 1. The van der Waals surface area contributed by atoms with Crippen LogP contribution < -0.4 is 11.1 Å². The number of carbonyl (C=O) groups excluding carboxylic acids is 1. The highest BCUT2D eigenvalue weighted by atomic mass is 16.1. The van der Waals surface area contributed by atoms with Gasteiger partial charge in [-0.2, -0.15) is 0 Å². The van der Waals surface area contributed by atoms with Crippen molar-refractivity contribution in [3.05, 3.63) is 18.7 Å². The van der Waals surface area contributed by atoms with Crippen molar-refractivity contribution < 1.29 is 4.79 Å². The average molecular weight is 275 g/mol. The van der Waals surface area contributed by atoms with Gasteiger partial charge in [0, 0.05) is 31.5 Å². The zero-order chi connectivity index (χ0) is 13.9. The summed E-state index contributed by atoms with van der Waals surface area (Å²) in [6.45, 7) is 2.05. The number of piperidine rings is 1. The number of carbonyl (C=O) groups is 1. The van der Waals surface area contributed by atoms with Gasteiger partial charge in [-0.1, -0.05) is 0 Å². The summed E-state index contributed by atoms with van der Waals surface area (Å²) in [5.41, 5.74) is 5.94. The fourth-order valence-corrected chi connectivity index (χ4v) is 2.51. The molecular formula is C12H17N7O. The number of nitrogens with one attached hydrogen (secondary N) is 1. The molecule has 20 heavy (non-hydrogen) atoms. The average Bonchev–Trinajstić information content (AvgIpc) is 2.90. The fourth-order valence-electron chi connectivity index (χ4n) is 2.51. The van der Waals surface area contributed by atoms with Crippen LogP contribution in [0.3, 0.4) is 0 Å². The lowest BCUT2D eigenvalue weighted by molar-refractivity contribution is -0.119. The van der Waals surface area contributed by atoms with Gasteiger partial charge in [-0.15, -0.1) is 10.2 Å². The van der Waals surface area contributed by atoms with Crippen molar-refractivity contribution in [2.75, 3.05) is 25.0 Å². The minimum atomic E-state index is -0.272. The van der Waals surface area contributed by atoms with Crippen LogP contribution in [0.4, 0.5) is 5.82 Å². The molecule has 0 bridgehead atoms. The van der Waals surface area contributed by atoms with E-state index >= 15 is 0 Å². The van der Waals surface area contributed by atoms with E-state index in [-0.39, 0.29) is 5.91 Å². The first kappa shape index (κ1) is 12.8. The minimum absolute atomic E-state index is 0.272. The number of rotatable bonds is 4. The van der Waals surface area contributed by atoms with Crippen molar-refractivity contribution in [1.29, 1.82) is 0 Å². The fraction of sp³-hybridized carbons (Fsp3) is 0.500. The van der Waals surface area contributed by atoms with Gasteiger partial charge < -0.3 is 11.1 Å². The highest BCUT2D eigenvalue weighted by Crippen LogP contribution is 2.17. The summed E-state index contributed by atoms with van der Waals surface area (Å²) >= 11 is 0. The zero-order valence-corrected chi connectivity index (χ0v) is 11.1. The summed E-state index contributed by atoms with van der Waals surface area (Å²) in [6, 6.07) is 0.328. The van der Waals surface area contributed by atoms with Gasteiger partial charge in [0.25, 0.3) is 0 Å². The highest BCUT2D eigenvalue weighted by Gasteiger charge is 2.21. The van der Waals surface area contributed by atoms with E-state index < -0.39 is 0 Å². The standard InChI is InChI=1S/C12H17N7O/c13-10(20)7-18-4-1-9(2-5-18)16-11-12-17-15-8-19(12)6-3-14-11/h3,6,8-9H,1-2,4-5,7H2,(H2,13,20)(H,14,16). The molecule has 1 aliphatic rings. The third-order valence-corrected chi connectivity index (χ3v) is 3.52. The second-order valence-electron chi connectivity index (χ2n) is 5.00. The SMILES string of the molecule is NC(=O)CN1CCC(Nc2nccn3cnnc23)CC1. The van der Waals surface area contributed by atoms with Crippen molar-refractivity contribution in [3.63, 3.8) is 0 Å². The predicted octanol–water partition coefficient (Wildman–Crippen LogP) is -0.514. The number of primary amides is 1. The number of hydrogen-bond acceptors (Lipinski definition) is 6. The van der Waals surface area contributed by atoms with Crippen molar-refractivity contribution in [1.82, 2.24) is 24.5 Å². The maximum absolute atomic E-state index is 10.9. The first-order chi connectivity index (χ1) is 9.72. The maximum Gasteiger partial charge on any atom is 0.231 e. The van der Waals surface area contributed by atoms with E-state index in [4.69, 9.17) is 5.73 Å². The molecule has 106 valence electrons. The Balaban J connectivity index is 1.62. The van der Waals surface area contributed by atoms with Gasteiger partial charge in [0.05, 0.1) is 6.54 Å². The van der Waals surface area contributed by atoms with E-state index in [1.165, 1.54) is 0 Å². The van der Waals surface area contributed by atoms with Crippen LogP contribution in [-0.2, 0) is 4.79 Å². The van der Waals surface area contributed by atoms with E-state index in [1.807, 2.05) is 10.6 Å². The number of anilines is 1. The molecule has 1 fully saturated rings. The lowest BCUT2D eigenvalue weighted by Crippen LogP contribution is -2.43. The van der Waals surface area contributed by atoms with Gasteiger partial charge in [-0.25, -0.2) is 4.98 Å². The summed E-state index contributed by atoms with van der Waals surface area (Å²) in [5, 5.41) is 11.3. The van der Waals surface area contributed by atoms with Crippen molar-refractivity contribution in [2.24, 2.45) is 5.73 Å². The molecule has 1 aliphatic heterocycles. The third kappa shape index (κ3) is 2.69. The largest absolute Gasteiger partial charge is 0.369 e. The molecule has 1 amide bonds. The van der Waals surface area contributed by atoms with Crippen LogP contribution in [0, 0.1) is 0 Å². The van der Waals surface area contributed by atoms with Crippen LogP contribution in [-0.4, -0.2) is 56.1 Å². The first-order valence-corrected chi connectivity index (χ1v) is 6.64. The van der Waals surface area contributed by atoms with Crippen LogP contribution in [0.15, 0.2) is 18.7 Å². The smallest absolute Gasteiger partial charge is 0.231 e. The third-order valence-electron chi connectivity index (χ3n) is 3.52. The van der Waals surface area contributed by atoms with Crippen molar-refractivity contribution in [3.8, 4) is 0 Å². The summed E-state index contributed by atoms with van der Waals surface area (Å²) in [7, 11) is 0. The van der Waals surface area contributed by atoms with Crippen LogP contribution in [0.1, 0.15) is 12.8 Å². The molecule has 0 spiro atoms. The van der Waals surface area contributed by atoms with Gasteiger partial charge in [0.1, 0.15) is 6.33 Å². The molecule has 8 heteroatoms. The van der Waals surface area contributed by atoms with E-state index in [1.54, 1.807) is 12.5 Å². The second-order valence-corrected chi connectivity index (χ2v) is 5.00. The molecule has 0 aromatic carbocycles. The topological polar surface area (TPSA) is 101 Å². The molecule has 2 aromatic rings. The molecule has 3 N–H and O–H groups in total. The Morgan fingerprint density at radius 3 is 3.00 bits per heavy atom. The molecule has 3 rings (SSSR count). The summed E-state index contributed by atoms with van der Waals surface area (Å²) in [6.07, 6.45) is 7.09. The number of aromatic nitrogens is 4. The second kappa shape index (κ2) is 5.41. The molecular weight excluding hydrogens is 258 g/mol. The van der Waals surface area contributed by atoms with Crippen molar-refractivity contribution >= 4 is 17.4 Å². The Bertz CT molecular complexity index is 603. The Hall–Kier alpha value is -2.22. The van der Waals surface area contributed by atoms with Crippen molar-refractivity contribution in [2.45, 2.75) is 18.9 Å². The molecule has 0 atom stereocenters. The van der Waals surface area contributed by atoms with Gasteiger partial charge in [0.15, 0.2) is 5.82 Å². The molecule has 0 unspecified atom stereocenters. The van der Waals surface area contributed by atoms with Crippen LogP contribution >= 0.6 is 0 Å². The predicted molar refractivity (Wildman–Crippen MR) is 73.1 cm³/mol. The van der Waals surface area contributed by atoms with Gasteiger partial charge >= 0.3 is 0 Å². The number of nitrogens with zero attached hydrogens (tertiary/aromatic N) is 5. The Morgan fingerprint density at radius 2 is 2.25 bits per heavy atom. The number of hydrogen-bond donors (Lipinski definition) is 2. The Kier molecular flexibility index (Phi) is 3.46. The summed E-state index contributed by atoms with van der Waals surface area (Å²) in [4.78, 5) is 17.3. The zero-order valence-electron chi connectivity index (χ0n) is 11.1. The lowest BCUT2D eigenvalue weighted by atomic mass is 10.1. The number of fused-ring (bicyclic) bond motifs is 1. The Morgan fingerprint density at radius 1 is 1.45 bits per heavy atom. The maximum atomic E-state index is 10.9. The highest BCUT2D eigenvalue weighted by molar-refractivity contribution is 5.75. The van der Waals surface area contributed by atoms with Crippen LogP contribution in [0.2, 0.25) is 0 Å².